The van der Waals surface area contributed by atoms with Gasteiger partial charge in [0.05, 0.1) is 26.9 Å². The van der Waals surface area contributed by atoms with Crippen LogP contribution in [-0.4, -0.2) is 71.8 Å². The van der Waals surface area contributed by atoms with Gasteiger partial charge in [-0.15, -0.1) is 0 Å². The Hall–Kier alpha value is -2.78. The third-order valence-electron chi connectivity index (χ3n) is 6.31. The van der Waals surface area contributed by atoms with E-state index in [4.69, 9.17) is 30.5 Å². The zero-order valence-corrected chi connectivity index (χ0v) is 22.3. The highest BCUT2D eigenvalue weighted by atomic mass is 35.5. The molecule has 0 bridgehead atoms. The first-order chi connectivity index (χ1) is 18.0. The molecule has 9 heteroatoms. The number of ether oxygens (including phenoxy) is 4. The Kier molecular flexibility index (Phi) is 9.68. The van der Waals surface area contributed by atoms with Crippen LogP contribution in [0.3, 0.4) is 0 Å². The zero-order chi connectivity index (χ0) is 26.1. The topological polar surface area (TPSA) is 78.2 Å². The lowest BCUT2D eigenvalue weighted by atomic mass is 10.1. The highest BCUT2D eigenvalue weighted by molar-refractivity contribution is 6.30. The van der Waals surface area contributed by atoms with Crippen molar-refractivity contribution in [2.24, 2.45) is 0 Å². The minimum atomic E-state index is -1.13. The minimum absolute atomic E-state index is 0.124. The van der Waals surface area contributed by atoms with Crippen LogP contribution in [0.4, 0.5) is 0 Å². The Morgan fingerprint density at radius 3 is 2.76 bits per heavy atom. The fourth-order valence-corrected chi connectivity index (χ4v) is 4.56. The van der Waals surface area contributed by atoms with Gasteiger partial charge in [0, 0.05) is 50.0 Å². The van der Waals surface area contributed by atoms with Crippen molar-refractivity contribution in [2.45, 2.75) is 38.5 Å². The van der Waals surface area contributed by atoms with Crippen LogP contribution in [0.2, 0.25) is 5.02 Å². The molecule has 1 aromatic heterocycles. The molecule has 4 rings (SSSR count). The molecule has 1 aliphatic rings. The summed E-state index contributed by atoms with van der Waals surface area (Å²) in [6, 6.07) is 13.1. The summed E-state index contributed by atoms with van der Waals surface area (Å²) >= 11 is 5.95. The molecule has 0 aliphatic carbocycles. The number of benzene rings is 2. The predicted octanol–water partition coefficient (Wildman–Crippen LogP) is 4.22. The molecule has 1 atom stereocenters. The van der Waals surface area contributed by atoms with Crippen molar-refractivity contribution in [1.29, 1.82) is 0 Å². The number of rotatable bonds is 12. The molecule has 0 saturated carbocycles. The normalized spacial score (nSPS) is 18.4. The van der Waals surface area contributed by atoms with Crippen molar-refractivity contribution in [1.82, 2.24) is 14.5 Å². The molecule has 0 spiro atoms. The van der Waals surface area contributed by atoms with Gasteiger partial charge in [-0.25, -0.2) is 4.98 Å². The van der Waals surface area contributed by atoms with Crippen LogP contribution >= 0.6 is 11.6 Å². The predicted molar refractivity (Wildman–Crippen MR) is 143 cm³/mol. The molecule has 3 aromatic rings. The average Bonchev–Trinajstić information content (AvgIpc) is 3.28. The van der Waals surface area contributed by atoms with E-state index in [1.807, 2.05) is 30.6 Å². The number of halogens is 1. The highest BCUT2D eigenvalue weighted by Crippen LogP contribution is 2.29. The fourth-order valence-electron chi connectivity index (χ4n) is 4.43. The third kappa shape index (κ3) is 7.85. The minimum Gasteiger partial charge on any atom is -0.493 e. The van der Waals surface area contributed by atoms with E-state index in [2.05, 4.69) is 21.4 Å². The smallest absolute Gasteiger partial charge is 0.161 e. The van der Waals surface area contributed by atoms with Crippen LogP contribution in [0.15, 0.2) is 54.9 Å². The second-order valence-corrected chi connectivity index (χ2v) is 9.74. The molecular formula is C28H36ClN3O5. The van der Waals surface area contributed by atoms with Gasteiger partial charge in [0.15, 0.2) is 11.5 Å². The van der Waals surface area contributed by atoms with Gasteiger partial charge < -0.3 is 28.6 Å². The molecule has 1 unspecified atom stereocenters. The Labute approximate surface area is 223 Å². The molecule has 1 N–H and O–H groups in total. The summed E-state index contributed by atoms with van der Waals surface area (Å²) in [5.74, 6) is 3.16. The maximum Gasteiger partial charge on any atom is 0.161 e. The molecule has 8 nitrogen and oxygen atoms in total. The van der Waals surface area contributed by atoms with E-state index in [9.17, 15) is 5.11 Å². The largest absolute Gasteiger partial charge is 0.493 e. The summed E-state index contributed by atoms with van der Waals surface area (Å²) in [6.45, 7) is 6.18. The van der Waals surface area contributed by atoms with E-state index in [1.165, 1.54) is 0 Å². The van der Waals surface area contributed by atoms with Gasteiger partial charge in [0.25, 0.3) is 0 Å². The van der Waals surface area contributed by atoms with Crippen molar-refractivity contribution in [2.75, 3.05) is 46.6 Å². The number of aromatic nitrogens is 2. The number of hydrogen-bond donors (Lipinski definition) is 1. The van der Waals surface area contributed by atoms with Crippen molar-refractivity contribution in [3.05, 3.63) is 71.3 Å². The third-order valence-corrected chi connectivity index (χ3v) is 6.57. The van der Waals surface area contributed by atoms with Gasteiger partial charge >= 0.3 is 0 Å². The molecule has 2 heterocycles. The lowest BCUT2D eigenvalue weighted by Gasteiger charge is -2.30. The summed E-state index contributed by atoms with van der Waals surface area (Å²) in [5.41, 5.74) is -0.0615. The van der Waals surface area contributed by atoms with Crippen LogP contribution in [0.1, 0.15) is 24.7 Å². The Balaban J connectivity index is 1.34. The molecule has 37 heavy (non-hydrogen) atoms. The monoisotopic (exact) mass is 529 g/mol. The van der Waals surface area contributed by atoms with Gasteiger partial charge in [-0.3, -0.25) is 4.90 Å². The molecule has 0 radical (unpaired) electrons. The van der Waals surface area contributed by atoms with Crippen molar-refractivity contribution in [3.63, 3.8) is 0 Å². The van der Waals surface area contributed by atoms with Crippen LogP contribution in [-0.2, 0) is 24.2 Å². The van der Waals surface area contributed by atoms with Crippen LogP contribution in [0.25, 0.3) is 0 Å². The first-order valence-corrected chi connectivity index (χ1v) is 13.1. The molecular weight excluding hydrogens is 494 g/mol. The summed E-state index contributed by atoms with van der Waals surface area (Å²) in [7, 11) is 1.65. The molecule has 1 aliphatic heterocycles. The zero-order valence-electron chi connectivity index (χ0n) is 21.6. The van der Waals surface area contributed by atoms with E-state index < -0.39 is 5.60 Å². The number of nitrogens with zero attached hydrogens (tertiary/aromatic N) is 3. The lowest BCUT2D eigenvalue weighted by Crippen LogP contribution is -2.48. The fraction of sp³-hybridized carbons (Fsp3) is 0.464. The van der Waals surface area contributed by atoms with Crippen LogP contribution in [0.5, 0.6) is 17.2 Å². The second-order valence-electron chi connectivity index (χ2n) is 9.31. The number of β-amino-alcohol motifs (C(OH)–C–C–N with tert-alkyl or cyclic N) is 1. The Morgan fingerprint density at radius 2 is 1.97 bits per heavy atom. The summed E-state index contributed by atoms with van der Waals surface area (Å²) in [4.78, 5) is 6.55. The van der Waals surface area contributed by atoms with E-state index >= 15 is 0 Å². The SMILES string of the molecule is CCc1nccn1CCCOc1cc(CN2CCOCC(O)(COc3ccc(Cl)cc3)C2)ccc1OC. The second kappa shape index (κ2) is 13.1. The quantitative estimate of drug-likeness (QED) is 0.352. The van der Waals surface area contributed by atoms with Gasteiger partial charge in [0.2, 0.25) is 0 Å². The van der Waals surface area contributed by atoms with E-state index in [-0.39, 0.29) is 13.2 Å². The van der Waals surface area contributed by atoms with Gasteiger partial charge in [-0.05, 0) is 48.4 Å². The number of imidazole rings is 1. The summed E-state index contributed by atoms with van der Waals surface area (Å²) in [6.07, 6.45) is 5.62. The van der Waals surface area contributed by atoms with Crippen molar-refractivity contribution < 1.29 is 24.1 Å². The van der Waals surface area contributed by atoms with Gasteiger partial charge in [0.1, 0.15) is 23.8 Å². The number of hydrogen-bond acceptors (Lipinski definition) is 7. The first-order valence-electron chi connectivity index (χ1n) is 12.7. The Bertz CT molecular complexity index is 1120. The van der Waals surface area contributed by atoms with Gasteiger partial charge in [-0.1, -0.05) is 24.6 Å². The summed E-state index contributed by atoms with van der Waals surface area (Å²) < 4.78 is 25.4. The Morgan fingerprint density at radius 1 is 1.14 bits per heavy atom. The van der Waals surface area contributed by atoms with Gasteiger partial charge in [-0.2, -0.15) is 0 Å². The maximum absolute atomic E-state index is 11.2. The number of aliphatic hydroxyl groups is 1. The van der Waals surface area contributed by atoms with Crippen LogP contribution < -0.4 is 14.2 Å². The van der Waals surface area contributed by atoms with E-state index in [1.54, 1.807) is 31.4 Å². The number of methoxy groups -OCH3 is 1. The summed E-state index contributed by atoms with van der Waals surface area (Å²) in [5, 5.41) is 11.9. The lowest BCUT2D eigenvalue weighted by molar-refractivity contribution is -0.0646. The standard InChI is InChI=1S/C28H36ClN3O5/c1-3-27-30-11-13-32(27)12-4-15-36-26-17-22(5-10-25(26)34-2)18-31-14-16-35-20-28(33,19-31)21-37-24-8-6-23(29)7-9-24/h5-11,13,17,33H,3-4,12,14-16,18-21H2,1-2H3. The molecule has 200 valence electrons. The number of aryl methyl sites for hydroxylation is 2. The van der Waals surface area contributed by atoms with Crippen molar-refractivity contribution in [3.8, 4) is 17.2 Å². The molecule has 2 aromatic carbocycles. The van der Waals surface area contributed by atoms with E-state index in [0.717, 1.165) is 30.8 Å². The first kappa shape index (κ1) is 27.3. The average molecular weight is 530 g/mol. The molecule has 0 amide bonds. The van der Waals surface area contributed by atoms with Crippen molar-refractivity contribution >= 4 is 11.6 Å². The maximum atomic E-state index is 11.2. The van der Waals surface area contributed by atoms with E-state index in [0.29, 0.717) is 55.1 Å². The highest BCUT2D eigenvalue weighted by Gasteiger charge is 2.33. The van der Waals surface area contributed by atoms with Crippen LogP contribution in [0, 0.1) is 0 Å². The molecule has 1 saturated heterocycles. The molecule has 1 fully saturated rings.